The van der Waals surface area contributed by atoms with Gasteiger partial charge in [-0.3, -0.25) is 4.79 Å². The fourth-order valence-corrected chi connectivity index (χ4v) is 2.31. The number of nitrogens with zero attached hydrogens (tertiary/aromatic N) is 1. The van der Waals surface area contributed by atoms with Crippen molar-refractivity contribution in [2.75, 3.05) is 14.2 Å². The molecular formula is C15H11NO7. The summed E-state index contributed by atoms with van der Waals surface area (Å²) >= 11 is 0. The van der Waals surface area contributed by atoms with Crippen molar-refractivity contribution in [1.82, 2.24) is 4.98 Å². The number of pyridine rings is 1. The summed E-state index contributed by atoms with van der Waals surface area (Å²) in [5, 5.41) is 19.1. The molecule has 3 aromatic rings. The van der Waals surface area contributed by atoms with E-state index in [4.69, 9.17) is 19.0 Å². The highest BCUT2D eigenvalue weighted by Crippen LogP contribution is 2.36. The lowest BCUT2D eigenvalue weighted by molar-refractivity contribution is 0.0663. The Kier molecular flexibility index (Phi) is 3.29. The van der Waals surface area contributed by atoms with Crippen molar-refractivity contribution >= 4 is 27.8 Å². The van der Waals surface area contributed by atoms with Crippen molar-refractivity contribution in [2.45, 2.75) is 0 Å². The van der Waals surface area contributed by atoms with Gasteiger partial charge in [0.1, 0.15) is 5.39 Å². The van der Waals surface area contributed by atoms with E-state index in [1.165, 1.54) is 26.4 Å². The van der Waals surface area contributed by atoms with Crippen LogP contribution in [0.25, 0.3) is 21.9 Å². The molecule has 0 spiro atoms. The van der Waals surface area contributed by atoms with E-state index in [2.05, 4.69) is 4.98 Å². The molecule has 0 aliphatic heterocycles. The van der Waals surface area contributed by atoms with Crippen molar-refractivity contribution in [3.63, 3.8) is 0 Å². The summed E-state index contributed by atoms with van der Waals surface area (Å²) in [6.45, 7) is 0. The zero-order valence-electron chi connectivity index (χ0n) is 12.1. The van der Waals surface area contributed by atoms with Crippen LogP contribution in [-0.2, 0) is 0 Å². The maximum Gasteiger partial charge on any atom is 0.371 e. The molecule has 0 saturated carbocycles. The number of carboxylic acids is 1. The quantitative estimate of drug-likeness (QED) is 0.701. The number of methoxy groups -OCH3 is 2. The molecule has 8 nitrogen and oxygen atoms in total. The van der Waals surface area contributed by atoms with E-state index < -0.39 is 23.0 Å². The normalized spacial score (nSPS) is 10.9. The standard InChI is InChI=1S/C15H11NO7/c1-21-9-3-6-7(4-10(9)22-2)16-14(18)12-8(17)5-11(15(19)20)23-13(6)12/h3-5H,1-2H3,(H,16,18)(H,19,20). The van der Waals surface area contributed by atoms with Crippen LogP contribution in [0.1, 0.15) is 10.6 Å². The number of carboxylic acid groups (broad SMARTS) is 1. The minimum atomic E-state index is -1.39. The highest BCUT2D eigenvalue weighted by Gasteiger charge is 2.19. The molecular weight excluding hydrogens is 306 g/mol. The Hall–Kier alpha value is -3.29. The van der Waals surface area contributed by atoms with E-state index in [-0.39, 0.29) is 16.5 Å². The smallest absolute Gasteiger partial charge is 0.371 e. The van der Waals surface area contributed by atoms with Gasteiger partial charge in [-0.05, 0) is 6.07 Å². The molecule has 2 aromatic heterocycles. The molecule has 0 aliphatic rings. The van der Waals surface area contributed by atoms with E-state index in [1.54, 1.807) is 0 Å². The number of benzene rings is 1. The molecule has 8 heteroatoms. The number of fused-ring (bicyclic) bond motifs is 3. The van der Waals surface area contributed by atoms with Crippen molar-refractivity contribution in [3.8, 4) is 17.4 Å². The molecule has 2 heterocycles. The molecule has 0 fully saturated rings. The third-order valence-corrected chi connectivity index (χ3v) is 3.35. The minimum absolute atomic E-state index is 0.0849. The van der Waals surface area contributed by atoms with Gasteiger partial charge in [-0.25, -0.2) is 9.78 Å². The first kappa shape index (κ1) is 14.6. The molecule has 0 radical (unpaired) electrons. The van der Waals surface area contributed by atoms with Crippen LogP contribution < -0.4 is 14.9 Å². The molecule has 0 saturated heterocycles. The SMILES string of the molecule is COc1cc2nc(O)c3c(=O)cc(C(=O)O)oc3c2cc1OC. The Morgan fingerprint density at radius 1 is 1.17 bits per heavy atom. The van der Waals surface area contributed by atoms with E-state index >= 15 is 0 Å². The van der Waals surface area contributed by atoms with Gasteiger partial charge in [0.25, 0.3) is 0 Å². The zero-order chi connectivity index (χ0) is 16.7. The van der Waals surface area contributed by atoms with Crippen LogP contribution in [-0.4, -0.2) is 35.4 Å². The summed E-state index contributed by atoms with van der Waals surface area (Å²) in [6, 6.07) is 3.77. The average Bonchev–Trinajstić information content (AvgIpc) is 2.53. The molecule has 0 unspecified atom stereocenters. The predicted molar refractivity (Wildman–Crippen MR) is 79.5 cm³/mol. The van der Waals surface area contributed by atoms with E-state index in [0.29, 0.717) is 16.9 Å². The Morgan fingerprint density at radius 2 is 1.83 bits per heavy atom. The summed E-state index contributed by atoms with van der Waals surface area (Å²) in [5.74, 6) is -1.77. The highest BCUT2D eigenvalue weighted by molar-refractivity contribution is 6.05. The molecule has 3 rings (SSSR count). The average molecular weight is 317 g/mol. The van der Waals surface area contributed by atoms with Crippen LogP contribution in [0.4, 0.5) is 0 Å². The highest BCUT2D eigenvalue weighted by atomic mass is 16.5. The Labute approximate surface area is 128 Å². The molecule has 0 aliphatic carbocycles. The third kappa shape index (κ3) is 2.20. The first-order valence-corrected chi connectivity index (χ1v) is 6.42. The van der Waals surface area contributed by atoms with E-state index in [0.717, 1.165) is 6.07 Å². The van der Waals surface area contributed by atoms with Crippen molar-refractivity contribution in [2.24, 2.45) is 0 Å². The monoisotopic (exact) mass is 317 g/mol. The van der Waals surface area contributed by atoms with E-state index in [1.807, 2.05) is 0 Å². The summed E-state index contributed by atoms with van der Waals surface area (Å²) in [4.78, 5) is 27.1. The first-order valence-electron chi connectivity index (χ1n) is 6.42. The second-order valence-corrected chi connectivity index (χ2v) is 4.64. The summed E-state index contributed by atoms with van der Waals surface area (Å²) in [5.41, 5.74) is -0.526. The Balaban J connectivity index is 2.54. The lowest BCUT2D eigenvalue weighted by Gasteiger charge is -2.10. The van der Waals surface area contributed by atoms with Gasteiger partial charge >= 0.3 is 5.97 Å². The van der Waals surface area contributed by atoms with Gasteiger partial charge < -0.3 is 24.1 Å². The van der Waals surface area contributed by atoms with Gasteiger partial charge in [-0.2, -0.15) is 0 Å². The molecule has 118 valence electrons. The lowest BCUT2D eigenvalue weighted by atomic mass is 10.1. The van der Waals surface area contributed by atoms with Crippen LogP contribution in [0, 0.1) is 0 Å². The van der Waals surface area contributed by atoms with Crippen LogP contribution in [0.3, 0.4) is 0 Å². The maximum atomic E-state index is 12.1. The number of rotatable bonds is 3. The Bertz CT molecular complexity index is 1010. The molecule has 0 bridgehead atoms. The van der Waals surface area contributed by atoms with Crippen LogP contribution in [0.5, 0.6) is 17.4 Å². The molecule has 0 amide bonds. The molecule has 2 N–H and O–H groups in total. The van der Waals surface area contributed by atoms with Crippen LogP contribution in [0.15, 0.2) is 27.4 Å². The third-order valence-electron chi connectivity index (χ3n) is 3.35. The number of hydrogen-bond acceptors (Lipinski definition) is 7. The van der Waals surface area contributed by atoms with Gasteiger partial charge in [0, 0.05) is 17.5 Å². The number of aromatic nitrogens is 1. The molecule has 0 atom stereocenters. The largest absolute Gasteiger partial charge is 0.493 e. The summed E-state index contributed by atoms with van der Waals surface area (Å²) in [7, 11) is 2.87. The number of ether oxygens (including phenoxy) is 2. The molecule has 23 heavy (non-hydrogen) atoms. The zero-order valence-corrected chi connectivity index (χ0v) is 12.1. The van der Waals surface area contributed by atoms with Gasteiger partial charge in [0.2, 0.25) is 11.6 Å². The number of hydrogen-bond donors (Lipinski definition) is 2. The Morgan fingerprint density at radius 3 is 2.43 bits per heavy atom. The van der Waals surface area contributed by atoms with Crippen LogP contribution >= 0.6 is 0 Å². The van der Waals surface area contributed by atoms with Crippen LogP contribution in [0.2, 0.25) is 0 Å². The van der Waals surface area contributed by atoms with E-state index in [9.17, 15) is 14.7 Å². The maximum absolute atomic E-state index is 12.1. The summed E-state index contributed by atoms with van der Waals surface area (Å²) in [6.07, 6.45) is 0. The van der Waals surface area contributed by atoms with Crippen molar-refractivity contribution in [1.29, 1.82) is 0 Å². The topological polar surface area (TPSA) is 119 Å². The summed E-state index contributed by atoms with van der Waals surface area (Å²) < 4.78 is 15.6. The van der Waals surface area contributed by atoms with Gasteiger partial charge in [0.15, 0.2) is 22.5 Å². The number of aromatic hydroxyl groups is 1. The predicted octanol–water partition coefficient (Wildman–Crippen LogP) is 1.76. The van der Waals surface area contributed by atoms with Gasteiger partial charge in [-0.15, -0.1) is 0 Å². The number of carbonyl (C=O) groups is 1. The molecule has 1 aromatic carbocycles. The van der Waals surface area contributed by atoms with Gasteiger partial charge in [-0.1, -0.05) is 0 Å². The number of aromatic carboxylic acids is 1. The fourth-order valence-electron chi connectivity index (χ4n) is 2.31. The minimum Gasteiger partial charge on any atom is -0.493 e. The fraction of sp³-hybridized carbons (Fsp3) is 0.133. The second-order valence-electron chi connectivity index (χ2n) is 4.64. The van der Waals surface area contributed by atoms with Crippen molar-refractivity contribution < 1.29 is 28.9 Å². The first-order chi connectivity index (χ1) is 11.0. The lowest BCUT2D eigenvalue weighted by Crippen LogP contribution is -2.07. The van der Waals surface area contributed by atoms with Crippen molar-refractivity contribution in [3.05, 3.63) is 34.2 Å². The van der Waals surface area contributed by atoms with Gasteiger partial charge in [0.05, 0.1) is 19.7 Å². The second kappa shape index (κ2) is 5.16.